The van der Waals surface area contributed by atoms with Crippen LogP contribution >= 0.6 is 0 Å². The molecule has 1 aromatic carbocycles. The van der Waals surface area contributed by atoms with Gasteiger partial charge in [0.05, 0.1) is 12.2 Å². The Bertz CT molecular complexity index is 1050. The van der Waals surface area contributed by atoms with E-state index in [2.05, 4.69) is 10.4 Å². The molecule has 1 aromatic heterocycles. The standard InChI is InChI=1S/C23H28F3N5O2/c1-14-10-16(6-7-18(14)24)27-23(33)30-9-8-19-17(13-30)21-22(32)29(2)11-15(12-31(21)28-19)4-3-5-20(25)26/h6-7,10,15,20H,3-5,8-9,11-13H2,1-2H3,(H,27,33). The van der Waals surface area contributed by atoms with E-state index in [1.165, 1.54) is 12.1 Å². The molecule has 178 valence electrons. The second-order valence-electron chi connectivity index (χ2n) is 8.90. The van der Waals surface area contributed by atoms with Crippen molar-refractivity contribution < 1.29 is 22.8 Å². The van der Waals surface area contributed by atoms with Crippen LogP contribution < -0.4 is 5.32 Å². The second kappa shape index (κ2) is 9.44. The smallest absolute Gasteiger partial charge is 0.322 e. The lowest BCUT2D eigenvalue weighted by Crippen LogP contribution is -2.39. The molecule has 4 rings (SSSR count). The van der Waals surface area contributed by atoms with E-state index >= 15 is 0 Å². The minimum Gasteiger partial charge on any atom is -0.340 e. The number of aryl methyl sites for hydroxylation is 1. The van der Waals surface area contributed by atoms with Crippen LogP contribution in [0, 0.1) is 18.7 Å². The normalized spacial score (nSPS) is 18.2. The first-order valence-electron chi connectivity index (χ1n) is 11.2. The summed E-state index contributed by atoms with van der Waals surface area (Å²) in [5.41, 5.74) is 2.94. The number of carbonyl (C=O) groups is 2. The number of fused-ring (bicyclic) bond motifs is 3. The van der Waals surface area contributed by atoms with Crippen molar-refractivity contribution in [2.75, 3.05) is 25.5 Å². The number of carbonyl (C=O) groups excluding carboxylic acids is 2. The molecule has 1 atom stereocenters. The minimum absolute atomic E-state index is 0.0430. The lowest BCUT2D eigenvalue weighted by atomic mass is 10.0. The molecule has 3 amide bonds. The summed E-state index contributed by atoms with van der Waals surface area (Å²) in [5.74, 6) is -0.466. The fourth-order valence-electron chi connectivity index (χ4n) is 4.59. The van der Waals surface area contributed by atoms with Crippen molar-refractivity contribution in [2.24, 2.45) is 5.92 Å². The van der Waals surface area contributed by atoms with Crippen molar-refractivity contribution >= 4 is 17.6 Å². The van der Waals surface area contributed by atoms with Gasteiger partial charge < -0.3 is 15.1 Å². The van der Waals surface area contributed by atoms with Crippen LogP contribution in [-0.2, 0) is 19.5 Å². The third-order valence-corrected chi connectivity index (χ3v) is 6.34. The Balaban J connectivity index is 1.50. The first kappa shape index (κ1) is 23.1. The average Bonchev–Trinajstić information content (AvgIpc) is 3.06. The molecule has 0 saturated carbocycles. The summed E-state index contributed by atoms with van der Waals surface area (Å²) < 4.78 is 40.3. The first-order chi connectivity index (χ1) is 15.7. The number of urea groups is 1. The highest BCUT2D eigenvalue weighted by Crippen LogP contribution is 2.28. The predicted molar refractivity (Wildman–Crippen MR) is 117 cm³/mol. The van der Waals surface area contributed by atoms with Crippen molar-refractivity contribution in [3.05, 3.63) is 46.5 Å². The van der Waals surface area contributed by atoms with E-state index in [1.807, 2.05) is 0 Å². The Morgan fingerprint density at radius 2 is 2.09 bits per heavy atom. The fourth-order valence-corrected chi connectivity index (χ4v) is 4.59. The molecule has 33 heavy (non-hydrogen) atoms. The number of benzene rings is 1. The number of rotatable bonds is 5. The summed E-state index contributed by atoms with van der Waals surface area (Å²) in [6.45, 7) is 3.28. The van der Waals surface area contributed by atoms with Crippen LogP contribution in [0.4, 0.5) is 23.7 Å². The van der Waals surface area contributed by atoms with Gasteiger partial charge in [0.2, 0.25) is 6.43 Å². The van der Waals surface area contributed by atoms with Gasteiger partial charge >= 0.3 is 6.03 Å². The van der Waals surface area contributed by atoms with Gasteiger partial charge in [0.1, 0.15) is 11.5 Å². The van der Waals surface area contributed by atoms with Gasteiger partial charge in [0.15, 0.2) is 0 Å². The van der Waals surface area contributed by atoms with E-state index < -0.39 is 6.43 Å². The molecule has 0 aliphatic carbocycles. The van der Waals surface area contributed by atoms with Crippen LogP contribution in [0.15, 0.2) is 18.2 Å². The summed E-state index contributed by atoms with van der Waals surface area (Å²) >= 11 is 0. The van der Waals surface area contributed by atoms with Crippen molar-refractivity contribution in [2.45, 2.75) is 52.1 Å². The maximum absolute atomic E-state index is 13.5. The number of amides is 3. The lowest BCUT2D eigenvalue weighted by Gasteiger charge is -2.27. The van der Waals surface area contributed by atoms with Gasteiger partial charge in [-0.25, -0.2) is 18.0 Å². The van der Waals surface area contributed by atoms with Gasteiger partial charge in [0.25, 0.3) is 5.91 Å². The van der Waals surface area contributed by atoms with Crippen LogP contribution in [0.3, 0.4) is 0 Å². The van der Waals surface area contributed by atoms with Gasteiger partial charge in [-0.05, 0) is 49.4 Å². The summed E-state index contributed by atoms with van der Waals surface area (Å²) in [7, 11) is 1.71. The zero-order valence-corrected chi connectivity index (χ0v) is 18.8. The highest BCUT2D eigenvalue weighted by molar-refractivity contribution is 5.95. The molecular weight excluding hydrogens is 435 g/mol. The number of nitrogens with zero attached hydrogens (tertiary/aromatic N) is 4. The van der Waals surface area contributed by atoms with Gasteiger partial charge in [-0.3, -0.25) is 9.48 Å². The monoisotopic (exact) mass is 463 g/mol. The van der Waals surface area contributed by atoms with Crippen LogP contribution in [0.25, 0.3) is 0 Å². The van der Waals surface area contributed by atoms with Crippen molar-refractivity contribution in [1.29, 1.82) is 0 Å². The van der Waals surface area contributed by atoms with E-state index in [9.17, 15) is 22.8 Å². The average molecular weight is 464 g/mol. The molecule has 0 saturated heterocycles. The Labute approximate surface area is 190 Å². The number of nitrogens with one attached hydrogen (secondary N) is 1. The molecule has 1 N–H and O–H groups in total. The number of halogens is 3. The maximum atomic E-state index is 13.5. The van der Waals surface area contributed by atoms with Gasteiger partial charge in [0, 0.05) is 50.8 Å². The van der Waals surface area contributed by atoms with Crippen molar-refractivity contribution in [3.63, 3.8) is 0 Å². The fraction of sp³-hybridized carbons (Fsp3) is 0.522. The van der Waals surface area contributed by atoms with Crippen LogP contribution in [0.2, 0.25) is 0 Å². The lowest BCUT2D eigenvalue weighted by molar-refractivity contribution is 0.0773. The predicted octanol–water partition coefficient (Wildman–Crippen LogP) is 4.06. The molecule has 10 heteroatoms. The largest absolute Gasteiger partial charge is 0.340 e. The van der Waals surface area contributed by atoms with E-state index in [0.717, 1.165) is 11.3 Å². The van der Waals surface area contributed by atoms with Crippen LogP contribution in [-0.4, -0.2) is 58.1 Å². The third kappa shape index (κ3) is 4.99. The molecule has 0 bridgehead atoms. The summed E-state index contributed by atoms with van der Waals surface area (Å²) in [4.78, 5) is 29.2. The SMILES string of the molecule is Cc1cc(NC(=O)N2CCc3nn4c(c3C2)C(=O)N(C)CC(CCCC(F)F)C4)ccc1F. The number of hydrogen-bond donors (Lipinski definition) is 1. The van der Waals surface area contributed by atoms with Crippen molar-refractivity contribution in [3.8, 4) is 0 Å². The molecule has 0 spiro atoms. The first-order valence-corrected chi connectivity index (χ1v) is 11.2. The molecular formula is C23H28F3N5O2. The Morgan fingerprint density at radius 1 is 1.30 bits per heavy atom. The number of anilines is 1. The highest BCUT2D eigenvalue weighted by atomic mass is 19.3. The summed E-state index contributed by atoms with van der Waals surface area (Å²) in [6, 6.07) is 4.06. The molecule has 0 fully saturated rings. The Kier molecular flexibility index (Phi) is 6.62. The topological polar surface area (TPSA) is 70.5 Å². The third-order valence-electron chi connectivity index (χ3n) is 6.34. The van der Waals surface area contributed by atoms with Gasteiger partial charge in [-0.15, -0.1) is 0 Å². The molecule has 3 heterocycles. The van der Waals surface area contributed by atoms with E-state index in [-0.39, 0.29) is 36.6 Å². The molecule has 2 aliphatic rings. The molecule has 0 radical (unpaired) electrons. The van der Waals surface area contributed by atoms with Gasteiger partial charge in [-0.2, -0.15) is 5.10 Å². The number of alkyl halides is 2. The zero-order valence-electron chi connectivity index (χ0n) is 18.8. The molecule has 1 unspecified atom stereocenters. The minimum atomic E-state index is -2.32. The second-order valence-corrected chi connectivity index (χ2v) is 8.90. The van der Waals surface area contributed by atoms with E-state index in [4.69, 9.17) is 0 Å². The molecule has 2 aliphatic heterocycles. The van der Waals surface area contributed by atoms with Crippen LogP contribution in [0.1, 0.15) is 46.6 Å². The number of hydrogen-bond acceptors (Lipinski definition) is 3. The molecule has 7 nitrogen and oxygen atoms in total. The Hall–Kier alpha value is -3.04. The Morgan fingerprint density at radius 3 is 2.82 bits per heavy atom. The van der Waals surface area contributed by atoms with E-state index in [1.54, 1.807) is 34.5 Å². The molecule has 2 aromatic rings. The van der Waals surface area contributed by atoms with Crippen LogP contribution in [0.5, 0.6) is 0 Å². The number of aromatic nitrogens is 2. The van der Waals surface area contributed by atoms with Gasteiger partial charge in [-0.1, -0.05) is 0 Å². The highest BCUT2D eigenvalue weighted by Gasteiger charge is 2.34. The van der Waals surface area contributed by atoms with E-state index in [0.29, 0.717) is 55.8 Å². The quantitative estimate of drug-likeness (QED) is 0.727. The zero-order chi connectivity index (χ0) is 23.7. The summed E-state index contributed by atoms with van der Waals surface area (Å²) in [6.07, 6.45) is -0.958. The maximum Gasteiger partial charge on any atom is 0.322 e. The van der Waals surface area contributed by atoms with Crippen molar-refractivity contribution in [1.82, 2.24) is 19.6 Å². The summed E-state index contributed by atoms with van der Waals surface area (Å²) in [5, 5.41) is 7.44.